The van der Waals surface area contributed by atoms with Crippen LogP contribution >= 0.6 is 0 Å². The number of nitrogen functional groups attached to an aromatic ring is 1. The summed E-state index contributed by atoms with van der Waals surface area (Å²) in [5.41, 5.74) is 10.4. The van der Waals surface area contributed by atoms with Gasteiger partial charge in [-0.3, -0.25) is 4.79 Å². The maximum absolute atomic E-state index is 12.0. The highest BCUT2D eigenvalue weighted by atomic mass is 16.6. The van der Waals surface area contributed by atoms with E-state index in [4.69, 9.17) is 24.4 Å². The Hall–Kier alpha value is -4.46. The van der Waals surface area contributed by atoms with E-state index in [1.807, 2.05) is 87.5 Å². The predicted octanol–water partition coefficient (Wildman–Crippen LogP) is 6.39. The van der Waals surface area contributed by atoms with Gasteiger partial charge >= 0.3 is 12.1 Å². The van der Waals surface area contributed by atoms with E-state index in [0.717, 1.165) is 27.6 Å². The molecule has 39 heavy (non-hydrogen) atoms. The first-order valence-corrected chi connectivity index (χ1v) is 12.9. The smallest absolute Gasteiger partial charge is 0.407 e. The lowest BCUT2D eigenvalue weighted by atomic mass is 10.0. The zero-order chi connectivity index (χ0) is 28.0. The van der Waals surface area contributed by atoms with Crippen molar-refractivity contribution in [1.82, 2.24) is 5.32 Å². The van der Waals surface area contributed by atoms with Crippen LogP contribution in [0.1, 0.15) is 44.6 Å². The fraction of sp³-hybridized carbons (Fsp3) is 0.290. The van der Waals surface area contributed by atoms with Crippen molar-refractivity contribution < 1.29 is 28.2 Å². The summed E-state index contributed by atoms with van der Waals surface area (Å²) in [5.74, 6) is 0.897. The van der Waals surface area contributed by atoms with Crippen molar-refractivity contribution in [2.75, 3.05) is 12.3 Å². The first-order valence-electron chi connectivity index (χ1n) is 12.9. The van der Waals surface area contributed by atoms with Gasteiger partial charge in [0.25, 0.3) is 0 Å². The summed E-state index contributed by atoms with van der Waals surface area (Å²) in [6.07, 6.45) is -0.331. The molecule has 0 fully saturated rings. The number of hydrogen-bond acceptors (Lipinski definition) is 7. The molecule has 0 saturated heterocycles. The van der Waals surface area contributed by atoms with Crippen molar-refractivity contribution in [3.63, 3.8) is 0 Å². The Morgan fingerprint density at radius 1 is 0.974 bits per heavy atom. The van der Waals surface area contributed by atoms with Gasteiger partial charge in [0.05, 0.1) is 18.7 Å². The van der Waals surface area contributed by atoms with Gasteiger partial charge in [-0.2, -0.15) is 0 Å². The van der Waals surface area contributed by atoms with E-state index in [1.54, 1.807) is 6.92 Å². The Morgan fingerprint density at radius 2 is 1.77 bits per heavy atom. The largest absolute Gasteiger partial charge is 0.485 e. The minimum atomic E-state index is -0.556. The molecule has 0 spiro atoms. The number of benzene rings is 3. The Balaban J connectivity index is 1.48. The number of rotatable bonds is 9. The van der Waals surface area contributed by atoms with Gasteiger partial charge in [0.15, 0.2) is 5.58 Å². The molecule has 8 nitrogen and oxygen atoms in total. The van der Waals surface area contributed by atoms with Gasteiger partial charge < -0.3 is 29.7 Å². The first kappa shape index (κ1) is 27.6. The summed E-state index contributed by atoms with van der Waals surface area (Å²) in [7, 11) is 0. The van der Waals surface area contributed by atoms with E-state index >= 15 is 0 Å². The molecule has 1 aromatic heterocycles. The maximum atomic E-state index is 12.0. The van der Waals surface area contributed by atoms with E-state index in [9.17, 15) is 9.59 Å². The second-order valence-corrected chi connectivity index (χ2v) is 10.1. The Kier molecular flexibility index (Phi) is 8.44. The van der Waals surface area contributed by atoms with Gasteiger partial charge in [-0.1, -0.05) is 36.4 Å². The molecular formula is C31H34N2O6. The number of nitrogens with one attached hydrogen (secondary N) is 1. The highest BCUT2D eigenvalue weighted by Gasteiger charge is 2.16. The molecule has 0 aliphatic carbocycles. The third kappa shape index (κ3) is 7.54. The number of hydrogen-bond donors (Lipinski definition) is 2. The third-order valence-electron chi connectivity index (χ3n) is 5.77. The number of amides is 1. The molecule has 8 heteroatoms. The molecule has 1 heterocycles. The van der Waals surface area contributed by atoms with Crippen LogP contribution in [0.4, 0.5) is 10.5 Å². The minimum absolute atomic E-state index is 0.132. The molecule has 4 aromatic rings. The maximum Gasteiger partial charge on any atom is 0.407 e. The molecule has 0 aliphatic heterocycles. The van der Waals surface area contributed by atoms with Crippen LogP contribution in [-0.2, 0) is 33.8 Å². The lowest BCUT2D eigenvalue weighted by Gasteiger charge is -2.19. The van der Waals surface area contributed by atoms with Crippen LogP contribution < -0.4 is 15.8 Å². The van der Waals surface area contributed by atoms with Crippen LogP contribution in [0.15, 0.2) is 71.1 Å². The Bertz CT molecular complexity index is 1470. The molecule has 1 amide bonds. The number of para-hydroxylation sites is 1. The highest BCUT2D eigenvalue weighted by molar-refractivity contribution is 5.93. The fourth-order valence-corrected chi connectivity index (χ4v) is 4.13. The normalized spacial score (nSPS) is 11.3. The molecule has 3 aromatic carbocycles. The molecule has 204 valence electrons. The molecule has 0 unspecified atom stereocenters. The Labute approximate surface area is 228 Å². The van der Waals surface area contributed by atoms with Gasteiger partial charge in [-0.15, -0.1) is 0 Å². The molecule has 0 atom stereocenters. The van der Waals surface area contributed by atoms with E-state index in [2.05, 4.69) is 5.32 Å². The quantitative estimate of drug-likeness (QED) is 0.190. The van der Waals surface area contributed by atoms with Crippen LogP contribution in [0.3, 0.4) is 0 Å². The zero-order valence-corrected chi connectivity index (χ0v) is 22.7. The Morgan fingerprint density at radius 3 is 2.54 bits per heavy atom. The number of furan rings is 1. The second kappa shape index (κ2) is 11.9. The van der Waals surface area contributed by atoms with Crippen LogP contribution in [0.25, 0.3) is 22.1 Å². The monoisotopic (exact) mass is 530 g/mol. The standard InChI is InChI=1S/C31H34N2O6/c1-5-36-28(34)17-22-10-6-7-12-27(22)37-19-25-15-24-14-23(16-26(32)29(24)38-25)21-11-8-9-20(13-21)18-33-30(35)39-31(2,3)4/h6-16H,5,17-19,32H2,1-4H3,(H,33,35). The van der Waals surface area contributed by atoms with Gasteiger partial charge in [-0.05, 0) is 74.7 Å². The van der Waals surface area contributed by atoms with E-state index < -0.39 is 11.7 Å². The number of ether oxygens (including phenoxy) is 3. The predicted molar refractivity (Wildman–Crippen MR) is 150 cm³/mol. The molecule has 0 radical (unpaired) electrons. The summed E-state index contributed by atoms with van der Waals surface area (Å²) in [6.45, 7) is 8.10. The van der Waals surface area contributed by atoms with E-state index in [1.165, 1.54) is 0 Å². The molecular weight excluding hydrogens is 496 g/mol. The third-order valence-corrected chi connectivity index (χ3v) is 5.77. The molecule has 0 aliphatic rings. The van der Waals surface area contributed by atoms with Crippen LogP contribution in [0, 0.1) is 0 Å². The van der Waals surface area contributed by atoms with Gasteiger partial charge in [0, 0.05) is 17.5 Å². The van der Waals surface area contributed by atoms with Gasteiger partial charge in [0.2, 0.25) is 0 Å². The highest BCUT2D eigenvalue weighted by Crippen LogP contribution is 2.32. The summed E-state index contributed by atoms with van der Waals surface area (Å²) in [6, 6.07) is 21.0. The fourth-order valence-electron chi connectivity index (χ4n) is 4.13. The number of carbonyl (C=O) groups is 2. The van der Waals surface area contributed by atoms with Crippen molar-refractivity contribution in [2.45, 2.75) is 52.9 Å². The minimum Gasteiger partial charge on any atom is -0.485 e. The number of anilines is 1. The van der Waals surface area contributed by atoms with Gasteiger partial charge in [0.1, 0.15) is 23.7 Å². The van der Waals surface area contributed by atoms with E-state index in [0.29, 0.717) is 35.9 Å². The number of esters is 1. The number of fused-ring (bicyclic) bond motifs is 1. The second-order valence-electron chi connectivity index (χ2n) is 10.1. The number of nitrogens with two attached hydrogens (primary N) is 1. The molecule has 0 saturated carbocycles. The van der Waals surface area contributed by atoms with Crippen molar-refractivity contribution >= 4 is 28.7 Å². The van der Waals surface area contributed by atoms with E-state index in [-0.39, 0.29) is 19.0 Å². The average Bonchev–Trinajstić information content (AvgIpc) is 3.30. The SMILES string of the molecule is CCOC(=O)Cc1ccccc1OCc1cc2cc(-c3cccc(CNC(=O)OC(C)(C)C)c3)cc(N)c2o1. The average molecular weight is 531 g/mol. The lowest BCUT2D eigenvalue weighted by Crippen LogP contribution is -2.32. The van der Waals surface area contributed by atoms with Crippen molar-refractivity contribution in [3.8, 4) is 16.9 Å². The summed E-state index contributed by atoms with van der Waals surface area (Å²) >= 11 is 0. The number of alkyl carbamates (subject to hydrolysis) is 1. The van der Waals surface area contributed by atoms with Crippen molar-refractivity contribution in [1.29, 1.82) is 0 Å². The van der Waals surface area contributed by atoms with Crippen molar-refractivity contribution in [3.05, 3.63) is 83.6 Å². The lowest BCUT2D eigenvalue weighted by molar-refractivity contribution is -0.142. The molecule has 3 N–H and O–H groups in total. The first-order chi connectivity index (χ1) is 18.6. The van der Waals surface area contributed by atoms with Crippen LogP contribution in [0.2, 0.25) is 0 Å². The van der Waals surface area contributed by atoms with Crippen LogP contribution in [0.5, 0.6) is 5.75 Å². The zero-order valence-electron chi connectivity index (χ0n) is 22.7. The molecule has 4 rings (SSSR count). The molecule has 0 bridgehead atoms. The summed E-state index contributed by atoms with van der Waals surface area (Å²) in [4.78, 5) is 24.0. The summed E-state index contributed by atoms with van der Waals surface area (Å²) in [5, 5.41) is 3.63. The topological polar surface area (TPSA) is 113 Å². The number of carbonyl (C=O) groups excluding carboxylic acids is 2. The van der Waals surface area contributed by atoms with Crippen molar-refractivity contribution in [2.24, 2.45) is 0 Å². The summed E-state index contributed by atoms with van der Waals surface area (Å²) < 4.78 is 22.4. The van der Waals surface area contributed by atoms with Gasteiger partial charge in [-0.25, -0.2) is 4.79 Å². The van der Waals surface area contributed by atoms with Crippen LogP contribution in [-0.4, -0.2) is 24.3 Å².